The molecule has 0 bridgehead atoms. The molecule has 5 rings (SSSR count). The molecule has 30 heavy (non-hydrogen) atoms. The minimum Gasteiger partial charge on any atom is -0.463 e. The van der Waals surface area contributed by atoms with Crippen LogP contribution >= 0.6 is 0 Å². The highest BCUT2D eigenvalue weighted by atomic mass is 16.5. The van der Waals surface area contributed by atoms with Crippen molar-refractivity contribution >= 4 is 11.9 Å². The highest BCUT2D eigenvalue weighted by Gasteiger charge is 2.62. The van der Waals surface area contributed by atoms with Crippen LogP contribution in [0.1, 0.15) is 78.6 Å². The lowest BCUT2D eigenvalue weighted by Crippen LogP contribution is -2.54. The number of carbonyl (C=O) groups is 2. The number of carbonyl (C=O) groups excluding carboxylic acids is 2. The van der Waals surface area contributed by atoms with Crippen molar-refractivity contribution in [3.05, 3.63) is 24.0 Å². The molecule has 0 aromatic rings. The second-order valence-corrected chi connectivity index (χ2v) is 11.0. The standard InChI is InChI=1S/C26H36O4/c1-16(27)29-19-10-13-25(3)18(15-19)6-7-20-21(25)11-14-26-12-4-5-24(30-17(2)28)23(26)9-8-22(20)26/h4-5,12,18-23H,6-11,13-15H2,1-3H3/t18-,19-,20-,21+,22+,23-,25+,26+/m1/s1. The number of hydrogen-bond acceptors (Lipinski definition) is 4. The van der Waals surface area contributed by atoms with Gasteiger partial charge in [-0.1, -0.05) is 19.1 Å². The highest BCUT2D eigenvalue weighted by molar-refractivity contribution is 5.67. The van der Waals surface area contributed by atoms with Crippen LogP contribution in [-0.4, -0.2) is 18.0 Å². The molecule has 4 nitrogen and oxygen atoms in total. The van der Waals surface area contributed by atoms with E-state index in [0.29, 0.717) is 23.2 Å². The predicted molar refractivity (Wildman–Crippen MR) is 114 cm³/mol. The third kappa shape index (κ3) is 3.00. The summed E-state index contributed by atoms with van der Waals surface area (Å²) >= 11 is 0. The molecule has 0 unspecified atom stereocenters. The van der Waals surface area contributed by atoms with Gasteiger partial charge in [0.2, 0.25) is 0 Å². The van der Waals surface area contributed by atoms with E-state index in [2.05, 4.69) is 19.1 Å². The average molecular weight is 413 g/mol. The first kappa shape index (κ1) is 20.3. The quantitative estimate of drug-likeness (QED) is 0.556. The minimum atomic E-state index is -0.193. The van der Waals surface area contributed by atoms with E-state index in [4.69, 9.17) is 9.47 Å². The summed E-state index contributed by atoms with van der Waals surface area (Å²) in [5.74, 6) is 3.91. The number of fused-ring (bicyclic) bond motifs is 4. The molecule has 0 aromatic carbocycles. The maximum Gasteiger partial charge on any atom is 0.307 e. The van der Waals surface area contributed by atoms with Gasteiger partial charge in [-0.05, 0) is 93.0 Å². The highest BCUT2D eigenvalue weighted by Crippen LogP contribution is 2.69. The van der Waals surface area contributed by atoms with Crippen molar-refractivity contribution in [1.82, 2.24) is 0 Å². The van der Waals surface area contributed by atoms with Crippen LogP contribution in [0, 0.1) is 40.4 Å². The van der Waals surface area contributed by atoms with Crippen LogP contribution in [0.15, 0.2) is 24.0 Å². The molecule has 4 fully saturated rings. The van der Waals surface area contributed by atoms with Gasteiger partial charge in [0.15, 0.2) is 0 Å². The van der Waals surface area contributed by atoms with Crippen LogP contribution in [-0.2, 0) is 19.1 Å². The fourth-order valence-electron chi connectivity index (χ4n) is 8.73. The molecule has 0 heterocycles. The van der Waals surface area contributed by atoms with Gasteiger partial charge >= 0.3 is 11.9 Å². The molecule has 164 valence electrons. The van der Waals surface area contributed by atoms with Crippen LogP contribution in [0.25, 0.3) is 0 Å². The summed E-state index contributed by atoms with van der Waals surface area (Å²) in [6.07, 6.45) is 17.5. The topological polar surface area (TPSA) is 52.6 Å². The molecular formula is C26H36O4. The Morgan fingerprint density at radius 1 is 0.967 bits per heavy atom. The summed E-state index contributed by atoms with van der Waals surface area (Å²) in [7, 11) is 0. The van der Waals surface area contributed by atoms with E-state index in [1.807, 2.05) is 6.08 Å². The molecule has 0 saturated heterocycles. The zero-order valence-electron chi connectivity index (χ0n) is 18.7. The number of allylic oxidation sites excluding steroid dienone is 4. The third-order valence-corrected chi connectivity index (χ3v) is 9.81. The van der Waals surface area contributed by atoms with Gasteiger partial charge in [-0.15, -0.1) is 0 Å². The molecule has 4 saturated carbocycles. The first-order valence-electron chi connectivity index (χ1n) is 12.1. The van der Waals surface area contributed by atoms with E-state index in [9.17, 15) is 9.59 Å². The summed E-state index contributed by atoms with van der Waals surface area (Å²) < 4.78 is 11.3. The van der Waals surface area contributed by atoms with Gasteiger partial charge in [-0.2, -0.15) is 0 Å². The number of rotatable bonds is 2. The van der Waals surface area contributed by atoms with Crippen molar-refractivity contribution in [3.8, 4) is 0 Å². The maximum atomic E-state index is 11.7. The zero-order chi connectivity index (χ0) is 21.1. The summed E-state index contributed by atoms with van der Waals surface area (Å²) in [5, 5.41) is 0. The van der Waals surface area contributed by atoms with Crippen LogP contribution in [0.3, 0.4) is 0 Å². The molecule has 8 atom stereocenters. The predicted octanol–water partition coefficient (Wildman–Crippen LogP) is 5.57. The van der Waals surface area contributed by atoms with E-state index in [0.717, 1.165) is 36.9 Å². The van der Waals surface area contributed by atoms with Crippen molar-refractivity contribution in [2.75, 3.05) is 0 Å². The first-order valence-corrected chi connectivity index (χ1v) is 12.1. The monoisotopic (exact) mass is 412 g/mol. The van der Waals surface area contributed by atoms with Crippen LogP contribution < -0.4 is 0 Å². The van der Waals surface area contributed by atoms with Gasteiger partial charge in [-0.3, -0.25) is 9.59 Å². The summed E-state index contributed by atoms with van der Waals surface area (Å²) in [5.41, 5.74) is 0.574. The normalized spacial score (nSPS) is 46.6. The van der Waals surface area contributed by atoms with Crippen LogP contribution in [0.4, 0.5) is 0 Å². The molecule has 0 amide bonds. The fourth-order valence-corrected chi connectivity index (χ4v) is 8.73. The fraction of sp³-hybridized carbons (Fsp3) is 0.769. The smallest absolute Gasteiger partial charge is 0.307 e. The molecule has 0 N–H and O–H groups in total. The second-order valence-electron chi connectivity index (χ2n) is 11.0. The maximum absolute atomic E-state index is 11.7. The Bertz CT molecular complexity index is 797. The Hall–Kier alpha value is -1.58. The third-order valence-electron chi connectivity index (χ3n) is 9.81. The van der Waals surface area contributed by atoms with E-state index >= 15 is 0 Å². The van der Waals surface area contributed by atoms with Crippen molar-refractivity contribution in [2.45, 2.75) is 84.7 Å². The largest absolute Gasteiger partial charge is 0.463 e. The number of esters is 2. The van der Waals surface area contributed by atoms with Gasteiger partial charge in [0.05, 0.1) is 0 Å². The molecule has 0 aromatic heterocycles. The second kappa shape index (κ2) is 7.24. The minimum absolute atomic E-state index is 0.126. The number of ether oxygens (including phenoxy) is 2. The van der Waals surface area contributed by atoms with Gasteiger partial charge in [0, 0.05) is 25.2 Å². The van der Waals surface area contributed by atoms with E-state index < -0.39 is 0 Å². The molecule has 0 radical (unpaired) electrons. The Morgan fingerprint density at radius 2 is 1.80 bits per heavy atom. The lowest BCUT2D eigenvalue weighted by atomic mass is 9.44. The molecule has 4 heteroatoms. The van der Waals surface area contributed by atoms with Crippen molar-refractivity contribution in [1.29, 1.82) is 0 Å². The van der Waals surface area contributed by atoms with E-state index in [1.165, 1.54) is 52.4 Å². The molecule has 0 aliphatic heterocycles. The Morgan fingerprint density at radius 3 is 2.57 bits per heavy atom. The average Bonchev–Trinajstić information content (AvgIpc) is 3.08. The summed E-state index contributed by atoms with van der Waals surface area (Å²) in [6.45, 7) is 5.60. The van der Waals surface area contributed by atoms with Gasteiger partial charge in [-0.25, -0.2) is 0 Å². The van der Waals surface area contributed by atoms with Crippen LogP contribution in [0.5, 0.6) is 0 Å². The number of hydrogen-bond donors (Lipinski definition) is 0. The Labute approximate surface area is 180 Å². The van der Waals surface area contributed by atoms with E-state index in [1.54, 1.807) is 0 Å². The van der Waals surface area contributed by atoms with Crippen molar-refractivity contribution < 1.29 is 19.1 Å². The summed E-state index contributed by atoms with van der Waals surface area (Å²) in [4.78, 5) is 23.1. The molecule has 1 spiro atoms. The zero-order valence-corrected chi connectivity index (χ0v) is 18.7. The van der Waals surface area contributed by atoms with E-state index in [-0.39, 0.29) is 23.5 Å². The molecule has 5 aliphatic carbocycles. The molecular weight excluding hydrogens is 376 g/mol. The van der Waals surface area contributed by atoms with Gasteiger partial charge in [0.25, 0.3) is 0 Å². The van der Waals surface area contributed by atoms with Crippen LogP contribution in [0.2, 0.25) is 0 Å². The first-order chi connectivity index (χ1) is 14.3. The Kier molecular flexibility index (Phi) is 4.91. The SMILES string of the molecule is CC(=O)OC1=CC=C[C@]23CC[C@H]4[C@@H](CC[C@@H]5C[C@H](OC(C)=O)CC[C@@]54C)[C@@H]2CC[C@H]13. The lowest BCUT2D eigenvalue weighted by Gasteiger charge is -2.61. The van der Waals surface area contributed by atoms with Crippen molar-refractivity contribution in [2.24, 2.45) is 40.4 Å². The van der Waals surface area contributed by atoms with Gasteiger partial charge < -0.3 is 9.47 Å². The van der Waals surface area contributed by atoms with Gasteiger partial charge in [0.1, 0.15) is 11.9 Å². The van der Waals surface area contributed by atoms with Crippen molar-refractivity contribution in [3.63, 3.8) is 0 Å². The summed E-state index contributed by atoms with van der Waals surface area (Å²) in [6, 6.07) is 0. The molecule has 5 aliphatic rings. The Balaban J connectivity index is 1.37. The lowest BCUT2D eigenvalue weighted by molar-refractivity contribution is -0.159.